The number of Topliss-reactive ketones (excluding diaryl/α,β-unsaturated/α-hetero) is 1. The first kappa shape index (κ1) is 11.8. The molecule has 2 rings (SSSR count). The van der Waals surface area contributed by atoms with Crippen LogP contribution in [-0.2, 0) is 9.53 Å². The summed E-state index contributed by atoms with van der Waals surface area (Å²) < 4.78 is 6.74. The van der Waals surface area contributed by atoms with Gasteiger partial charge in [-0.05, 0) is 34.5 Å². The minimum Gasteiger partial charge on any atom is -0.463 e. The minimum atomic E-state index is -0.899. The van der Waals surface area contributed by atoms with Crippen LogP contribution in [-0.4, -0.2) is 28.2 Å². The monoisotopic (exact) mass is 296 g/mol. The second kappa shape index (κ2) is 4.29. The van der Waals surface area contributed by atoms with Crippen molar-refractivity contribution < 1.29 is 14.3 Å². The largest absolute Gasteiger partial charge is 0.463 e. The number of esters is 1. The first-order valence-corrected chi connectivity index (χ1v) is 5.59. The molecule has 0 saturated heterocycles. The van der Waals surface area contributed by atoms with Crippen molar-refractivity contribution in [2.24, 2.45) is 0 Å². The van der Waals surface area contributed by atoms with Crippen LogP contribution in [0, 0.1) is 6.92 Å². The summed E-state index contributed by atoms with van der Waals surface area (Å²) in [6.07, 6.45) is 3.10. The molecule has 0 atom stereocenters. The van der Waals surface area contributed by atoms with Gasteiger partial charge in [0.05, 0.1) is 17.8 Å². The molecule has 2 aromatic rings. The molecule has 0 aliphatic carbocycles. The van der Waals surface area contributed by atoms with Crippen LogP contribution in [0.1, 0.15) is 16.1 Å². The third-order valence-corrected chi connectivity index (χ3v) is 2.88. The van der Waals surface area contributed by atoms with Crippen LogP contribution in [0.3, 0.4) is 0 Å². The zero-order valence-electron chi connectivity index (χ0n) is 9.23. The first-order chi connectivity index (χ1) is 8.04. The Kier molecular flexibility index (Phi) is 2.97. The Labute approximate surface area is 106 Å². The number of ether oxygens (including phenoxy) is 1. The number of rotatable bonds is 2. The van der Waals surface area contributed by atoms with E-state index in [0.29, 0.717) is 5.65 Å². The lowest BCUT2D eigenvalue weighted by atomic mass is 10.3. The third-order valence-electron chi connectivity index (χ3n) is 2.30. The van der Waals surface area contributed by atoms with E-state index < -0.39 is 11.8 Å². The number of ketones is 1. The topological polar surface area (TPSA) is 60.7 Å². The maximum Gasteiger partial charge on any atom is 0.381 e. The molecule has 5 nitrogen and oxygen atoms in total. The van der Waals surface area contributed by atoms with Crippen molar-refractivity contribution in [1.82, 2.24) is 9.38 Å². The van der Waals surface area contributed by atoms with Gasteiger partial charge in [0.25, 0.3) is 5.78 Å². The predicted octanol–water partition coefficient (Wildman–Crippen LogP) is 1.76. The lowest BCUT2D eigenvalue weighted by molar-refractivity contribution is -0.135. The Balaban J connectivity index is 2.64. The average molecular weight is 297 g/mol. The normalized spacial score (nSPS) is 10.5. The summed E-state index contributed by atoms with van der Waals surface area (Å²) in [5.74, 6) is -1.61. The molecular weight excluding hydrogens is 288 g/mol. The van der Waals surface area contributed by atoms with Crippen LogP contribution >= 0.6 is 15.9 Å². The molecule has 6 heteroatoms. The van der Waals surface area contributed by atoms with E-state index in [1.807, 2.05) is 13.0 Å². The Morgan fingerprint density at radius 1 is 1.47 bits per heavy atom. The van der Waals surface area contributed by atoms with Crippen molar-refractivity contribution in [1.29, 1.82) is 0 Å². The Morgan fingerprint density at radius 3 is 2.82 bits per heavy atom. The molecule has 0 aliphatic heterocycles. The second-order valence-electron chi connectivity index (χ2n) is 3.52. The number of aromatic nitrogens is 2. The highest BCUT2D eigenvalue weighted by molar-refractivity contribution is 9.10. The number of imidazole rings is 1. The number of hydrogen-bond acceptors (Lipinski definition) is 4. The summed E-state index contributed by atoms with van der Waals surface area (Å²) >= 11 is 3.35. The van der Waals surface area contributed by atoms with Gasteiger partial charge in [0.2, 0.25) is 0 Å². The van der Waals surface area contributed by atoms with Gasteiger partial charge in [-0.1, -0.05) is 0 Å². The lowest BCUT2D eigenvalue weighted by Crippen LogP contribution is -2.17. The van der Waals surface area contributed by atoms with Crippen LogP contribution in [0.2, 0.25) is 0 Å². The van der Waals surface area contributed by atoms with Crippen molar-refractivity contribution in [3.8, 4) is 0 Å². The smallest absolute Gasteiger partial charge is 0.381 e. The molecule has 88 valence electrons. The summed E-state index contributed by atoms with van der Waals surface area (Å²) in [5.41, 5.74) is 1.72. The fraction of sp³-hybridized carbons (Fsp3) is 0.182. The minimum absolute atomic E-state index is 0.191. The number of carbonyl (C=O) groups excluding carboxylic acids is 2. The molecule has 0 spiro atoms. The molecule has 0 N–H and O–H groups in total. The number of hydrogen-bond donors (Lipinski definition) is 0. The van der Waals surface area contributed by atoms with E-state index in [-0.39, 0.29) is 5.69 Å². The lowest BCUT2D eigenvalue weighted by Gasteiger charge is -2.02. The van der Waals surface area contributed by atoms with Crippen molar-refractivity contribution in [2.75, 3.05) is 7.11 Å². The molecule has 0 amide bonds. The van der Waals surface area contributed by atoms with Crippen molar-refractivity contribution in [3.63, 3.8) is 0 Å². The Bertz CT molecular complexity index is 618. The van der Waals surface area contributed by atoms with Gasteiger partial charge in [0, 0.05) is 6.20 Å². The maximum atomic E-state index is 11.7. The standard InChI is InChI=1S/C11H9BrN2O3/c1-6-3-7(12)10-13-4-8(14(10)5-6)9(15)11(16)17-2/h3-5H,1-2H3. The number of pyridine rings is 1. The first-order valence-electron chi connectivity index (χ1n) is 4.80. The molecule has 0 aromatic carbocycles. The summed E-state index contributed by atoms with van der Waals surface area (Å²) in [5, 5.41) is 0. The van der Waals surface area contributed by atoms with E-state index in [2.05, 4.69) is 25.7 Å². The molecule has 17 heavy (non-hydrogen) atoms. The number of aryl methyl sites for hydroxylation is 1. The highest BCUT2D eigenvalue weighted by Gasteiger charge is 2.21. The van der Waals surface area contributed by atoms with E-state index in [4.69, 9.17) is 0 Å². The van der Waals surface area contributed by atoms with Gasteiger partial charge in [-0.15, -0.1) is 0 Å². The van der Waals surface area contributed by atoms with E-state index >= 15 is 0 Å². The van der Waals surface area contributed by atoms with Gasteiger partial charge in [0.15, 0.2) is 5.65 Å². The molecule has 0 radical (unpaired) electrons. The van der Waals surface area contributed by atoms with E-state index in [1.54, 1.807) is 10.6 Å². The fourth-order valence-corrected chi connectivity index (χ4v) is 2.19. The number of nitrogens with zero attached hydrogens (tertiary/aromatic N) is 2. The average Bonchev–Trinajstić information content (AvgIpc) is 2.70. The molecule has 0 unspecified atom stereocenters. The molecule has 0 saturated carbocycles. The van der Waals surface area contributed by atoms with E-state index in [1.165, 1.54) is 13.3 Å². The van der Waals surface area contributed by atoms with Gasteiger partial charge in [-0.3, -0.25) is 9.20 Å². The fourth-order valence-electron chi connectivity index (χ4n) is 1.54. The maximum absolute atomic E-state index is 11.7. The molecule has 0 aliphatic rings. The van der Waals surface area contributed by atoms with E-state index in [9.17, 15) is 9.59 Å². The Hall–Kier alpha value is -1.69. The molecule has 2 heterocycles. The number of carbonyl (C=O) groups is 2. The highest BCUT2D eigenvalue weighted by Crippen LogP contribution is 2.20. The summed E-state index contributed by atoms with van der Waals surface area (Å²) in [6, 6.07) is 1.88. The summed E-state index contributed by atoms with van der Waals surface area (Å²) in [7, 11) is 1.17. The number of fused-ring (bicyclic) bond motifs is 1. The summed E-state index contributed by atoms with van der Waals surface area (Å²) in [4.78, 5) is 27.0. The molecule has 2 aromatic heterocycles. The van der Waals surface area contributed by atoms with Crippen LogP contribution < -0.4 is 0 Å². The van der Waals surface area contributed by atoms with Crippen LogP contribution in [0.15, 0.2) is 22.9 Å². The van der Waals surface area contributed by atoms with Crippen molar-refractivity contribution in [3.05, 3.63) is 34.2 Å². The van der Waals surface area contributed by atoms with Crippen molar-refractivity contribution in [2.45, 2.75) is 6.92 Å². The SMILES string of the molecule is COC(=O)C(=O)c1cnc2c(Br)cc(C)cn12. The van der Waals surface area contributed by atoms with Crippen LogP contribution in [0.25, 0.3) is 5.65 Å². The van der Waals surface area contributed by atoms with Gasteiger partial charge in [0.1, 0.15) is 5.69 Å². The van der Waals surface area contributed by atoms with Gasteiger partial charge in [-0.25, -0.2) is 9.78 Å². The van der Waals surface area contributed by atoms with Gasteiger partial charge < -0.3 is 4.74 Å². The van der Waals surface area contributed by atoms with E-state index in [0.717, 1.165) is 10.0 Å². The van der Waals surface area contributed by atoms with Crippen LogP contribution in [0.4, 0.5) is 0 Å². The number of methoxy groups -OCH3 is 1. The zero-order chi connectivity index (χ0) is 12.6. The molecule has 0 fully saturated rings. The Morgan fingerprint density at radius 2 is 2.18 bits per heavy atom. The second-order valence-corrected chi connectivity index (χ2v) is 4.38. The quantitative estimate of drug-likeness (QED) is 0.481. The third kappa shape index (κ3) is 1.95. The highest BCUT2D eigenvalue weighted by atomic mass is 79.9. The summed E-state index contributed by atoms with van der Waals surface area (Å²) in [6.45, 7) is 1.89. The zero-order valence-corrected chi connectivity index (χ0v) is 10.8. The van der Waals surface area contributed by atoms with Crippen LogP contribution in [0.5, 0.6) is 0 Å². The molecule has 0 bridgehead atoms. The molecular formula is C11H9BrN2O3. The predicted molar refractivity (Wildman–Crippen MR) is 64.0 cm³/mol. The van der Waals surface area contributed by atoms with Crippen molar-refractivity contribution >= 4 is 33.3 Å². The van der Waals surface area contributed by atoms with Gasteiger partial charge >= 0.3 is 5.97 Å². The number of halogens is 1. The van der Waals surface area contributed by atoms with Gasteiger partial charge in [-0.2, -0.15) is 0 Å².